The number of hydrogen-bond acceptors (Lipinski definition) is 7. The molecule has 27 heavy (non-hydrogen) atoms. The van der Waals surface area contributed by atoms with Crippen molar-refractivity contribution in [2.75, 3.05) is 13.1 Å². The van der Waals surface area contributed by atoms with Crippen LogP contribution in [0.15, 0.2) is 42.9 Å². The van der Waals surface area contributed by atoms with Crippen molar-refractivity contribution in [2.45, 2.75) is 19.1 Å². The fourth-order valence-corrected chi connectivity index (χ4v) is 3.12. The normalized spacial score (nSPS) is 14.6. The molecule has 4 heterocycles. The van der Waals surface area contributed by atoms with Crippen LogP contribution in [0.1, 0.15) is 11.7 Å². The number of carbonyl (C=O) groups excluding carboxylic acids is 1. The smallest absolute Gasteiger partial charge is 0.244 e. The van der Waals surface area contributed by atoms with Gasteiger partial charge in [0.15, 0.2) is 0 Å². The van der Waals surface area contributed by atoms with Crippen molar-refractivity contribution in [3.8, 4) is 0 Å². The first-order chi connectivity index (χ1) is 13.3. The molecule has 136 valence electrons. The molecule has 0 radical (unpaired) electrons. The van der Waals surface area contributed by atoms with Crippen molar-refractivity contribution in [3.63, 3.8) is 0 Å². The van der Waals surface area contributed by atoms with Crippen LogP contribution < -0.4 is 0 Å². The predicted molar refractivity (Wildman–Crippen MR) is 92.3 cm³/mol. The monoisotopic (exact) mass is 364 g/mol. The van der Waals surface area contributed by atoms with Crippen molar-refractivity contribution < 1.29 is 4.79 Å². The van der Waals surface area contributed by atoms with Crippen LogP contribution in [0.4, 0.5) is 0 Å². The third kappa shape index (κ3) is 2.92. The van der Waals surface area contributed by atoms with E-state index < -0.39 is 0 Å². The van der Waals surface area contributed by atoms with Crippen LogP contribution in [0.2, 0.25) is 0 Å². The van der Waals surface area contributed by atoms with Gasteiger partial charge in [-0.05, 0) is 12.1 Å². The lowest BCUT2D eigenvalue weighted by molar-refractivity contribution is -0.138. The molecule has 0 bridgehead atoms. The van der Waals surface area contributed by atoms with Crippen LogP contribution in [-0.2, 0) is 17.9 Å². The van der Waals surface area contributed by atoms with Gasteiger partial charge >= 0.3 is 0 Å². The Kier molecular flexibility index (Phi) is 3.62. The first kappa shape index (κ1) is 15.6. The second kappa shape index (κ2) is 6.27. The van der Waals surface area contributed by atoms with Crippen LogP contribution in [0, 0.1) is 0 Å². The number of rotatable bonds is 5. The largest absolute Gasteiger partial charge is 0.337 e. The van der Waals surface area contributed by atoms with Gasteiger partial charge in [-0.25, -0.2) is 9.36 Å². The molecule has 0 N–H and O–H groups in total. The molecule has 0 spiro atoms. The third-order valence-corrected chi connectivity index (χ3v) is 4.62. The molecule has 11 heteroatoms. The number of amides is 1. The Balaban J connectivity index is 1.19. The van der Waals surface area contributed by atoms with Crippen LogP contribution in [-0.4, -0.2) is 68.9 Å². The van der Waals surface area contributed by atoms with Crippen molar-refractivity contribution >= 4 is 16.9 Å². The number of para-hydroxylation sites is 1. The predicted octanol–water partition coefficient (Wildman–Crippen LogP) is -0.254. The summed E-state index contributed by atoms with van der Waals surface area (Å²) in [4.78, 5) is 15.8. The van der Waals surface area contributed by atoms with E-state index >= 15 is 0 Å². The Hall–Kier alpha value is -3.63. The highest BCUT2D eigenvalue weighted by Crippen LogP contribution is 2.21. The summed E-state index contributed by atoms with van der Waals surface area (Å²) < 4.78 is 3.43. The number of hydrogen-bond donors (Lipinski definition) is 0. The molecule has 0 saturated carbocycles. The Labute approximate surface area is 153 Å². The molecule has 4 aromatic rings. The number of fused-ring (bicyclic) bond motifs is 1. The molecule has 0 aliphatic carbocycles. The maximum Gasteiger partial charge on any atom is 0.244 e. The third-order valence-electron chi connectivity index (χ3n) is 4.62. The standard InChI is InChI=1S/C16H16N10O/c27-16(11-25-15-4-2-1-3-14(15)20-22-25)23-9-13(10-23)24-7-12(19-21-24)8-26-17-5-6-18-26/h1-7,13H,8-11H2. The van der Waals surface area contributed by atoms with Crippen molar-refractivity contribution in [3.05, 3.63) is 48.5 Å². The van der Waals surface area contributed by atoms with E-state index in [1.807, 2.05) is 30.5 Å². The molecule has 0 unspecified atom stereocenters. The molecule has 5 rings (SSSR count). The molecule has 1 aliphatic heterocycles. The average Bonchev–Trinajstić information content (AvgIpc) is 3.37. The topological polar surface area (TPSA) is 112 Å². The summed E-state index contributed by atoms with van der Waals surface area (Å²) in [5.74, 6) is 0.0167. The van der Waals surface area contributed by atoms with Gasteiger partial charge in [0, 0.05) is 13.1 Å². The zero-order valence-corrected chi connectivity index (χ0v) is 14.3. The van der Waals surface area contributed by atoms with Gasteiger partial charge in [-0.15, -0.1) is 10.2 Å². The molecule has 1 amide bonds. The fraction of sp³-hybridized carbons (Fsp3) is 0.312. The van der Waals surface area contributed by atoms with E-state index in [4.69, 9.17) is 0 Å². The highest BCUT2D eigenvalue weighted by Gasteiger charge is 2.33. The SMILES string of the molecule is O=C(Cn1nnc2ccccc21)N1CC(n2cc(Cn3nccn3)nn2)C1. The first-order valence-corrected chi connectivity index (χ1v) is 8.57. The van der Waals surface area contributed by atoms with Gasteiger partial charge in [0.2, 0.25) is 5.91 Å². The summed E-state index contributed by atoms with van der Waals surface area (Å²) in [6, 6.07) is 7.73. The van der Waals surface area contributed by atoms with Gasteiger partial charge < -0.3 is 4.90 Å². The molecule has 3 aromatic heterocycles. The van der Waals surface area contributed by atoms with Crippen LogP contribution in [0.3, 0.4) is 0 Å². The number of carbonyl (C=O) groups is 1. The fourth-order valence-electron chi connectivity index (χ4n) is 3.12. The van der Waals surface area contributed by atoms with Crippen molar-refractivity contribution in [1.29, 1.82) is 0 Å². The number of nitrogens with zero attached hydrogens (tertiary/aromatic N) is 10. The molecular formula is C16H16N10O. The Morgan fingerprint density at radius 3 is 2.74 bits per heavy atom. The minimum Gasteiger partial charge on any atom is -0.337 e. The maximum absolute atomic E-state index is 12.5. The molecule has 0 atom stereocenters. The van der Waals surface area contributed by atoms with Gasteiger partial charge in [-0.1, -0.05) is 22.6 Å². The van der Waals surface area contributed by atoms with Gasteiger partial charge in [-0.3, -0.25) is 4.79 Å². The van der Waals surface area contributed by atoms with Crippen molar-refractivity contribution in [1.82, 2.24) is 49.9 Å². The van der Waals surface area contributed by atoms with Gasteiger partial charge in [0.25, 0.3) is 0 Å². The van der Waals surface area contributed by atoms with E-state index in [-0.39, 0.29) is 18.5 Å². The zero-order valence-electron chi connectivity index (χ0n) is 14.3. The summed E-state index contributed by atoms with van der Waals surface area (Å²) in [5.41, 5.74) is 2.43. The zero-order chi connectivity index (χ0) is 18.2. The molecule has 1 saturated heterocycles. The number of aromatic nitrogens is 9. The van der Waals surface area contributed by atoms with Gasteiger partial charge in [0.05, 0.1) is 30.1 Å². The van der Waals surface area contributed by atoms with Crippen molar-refractivity contribution in [2.24, 2.45) is 0 Å². The average molecular weight is 364 g/mol. The maximum atomic E-state index is 12.5. The molecule has 1 aromatic carbocycles. The summed E-state index contributed by atoms with van der Waals surface area (Å²) >= 11 is 0. The summed E-state index contributed by atoms with van der Waals surface area (Å²) in [7, 11) is 0. The summed E-state index contributed by atoms with van der Waals surface area (Å²) in [6.45, 7) is 1.87. The van der Waals surface area contributed by atoms with E-state index in [9.17, 15) is 4.79 Å². The van der Waals surface area contributed by atoms with Crippen LogP contribution in [0.5, 0.6) is 0 Å². The van der Waals surface area contributed by atoms with Crippen LogP contribution in [0.25, 0.3) is 11.0 Å². The highest BCUT2D eigenvalue weighted by atomic mass is 16.2. The minimum atomic E-state index is 0.0167. The molecule has 1 fully saturated rings. The number of likely N-dealkylation sites (tertiary alicyclic amines) is 1. The quantitative estimate of drug-likeness (QED) is 0.480. The van der Waals surface area contributed by atoms with E-state index in [1.165, 1.54) is 0 Å². The van der Waals surface area contributed by atoms with E-state index in [0.29, 0.717) is 19.6 Å². The van der Waals surface area contributed by atoms with E-state index in [0.717, 1.165) is 16.7 Å². The molecule has 11 nitrogen and oxygen atoms in total. The Morgan fingerprint density at radius 1 is 1.07 bits per heavy atom. The first-order valence-electron chi connectivity index (χ1n) is 8.57. The summed E-state index contributed by atoms with van der Waals surface area (Å²) in [6.07, 6.45) is 5.12. The second-order valence-corrected chi connectivity index (χ2v) is 6.44. The number of benzene rings is 1. The Morgan fingerprint density at radius 2 is 1.89 bits per heavy atom. The lowest BCUT2D eigenvalue weighted by atomic mass is 10.1. The minimum absolute atomic E-state index is 0.0167. The molecule has 1 aliphatic rings. The summed E-state index contributed by atoms with van der Waals surface area (Å²) in [5, 5.41) is 24.6. The lowest BCUT2D eigenvalue weighted by Crippen LogP contribution is -2.51. The van der Waals surface area contributed by atoms with Crippen LogP contribution >= 0.6 is 0 Å². The lowest BCUT2D eigenvalue weighted by Gasteiger charge is -2.38. The van der Waals surface area contributed by atoms with E-state index in [2.05, 4.69) is 30.8 Å². The highest BCUT2D eigenvalue weighted by molar-refractivity contribution is 5.80. The van der Waals surface area contributed by atoms with E-state index in [1.54, 1.807) is 31.5 Å². The molecular weight excluding hydrogens is 348 g/mol. The van der Waals surface area contributed by atoms with Gasteiger partial charge in [-0.2, -0.15) is 15.0 Å². The second-order valence-electron chi connectivity index (χ2n) is 6.44. The Bertz CT molecular complexity index is 1080. The van der Waals surface area contributed by atoms with Gasteiger partial charge in [0.1, 0.15) is 24.3 Å².